The van der Waals surface area contributed by atoms with E-state index in [2.05, 4.69) is 5.32 Å². The van der Waals surface area contributed by atoms with E-state index < -0.39 is 6.10 Å². The minimum atomic E-state index is -0.554. The number of rotatable bonds is 5. The van der Waals surface area contributed by atoms with Gasteiger partial charge in [0.25, 0.3) is 5.91 Å². The summed E-state index contributed by atoms with van der Waals surface area (Å²) in [5.41, 5.74) is 0.390. The van der Waals surface area contributed by atoms with Gasteiger partial charge in [0.15, 0.2) is 11.5 Å². The van der Waals surface area contributed by atoms with Gasteiger partial charge in [-0.25, -0.2) is 0 Å². The number of hydrogen-bond acceptors (Lipinski definition) is 4. The summed E-state index contributed by atoms with van der Waals surface area (Å²) in [6.07, 6.45) is 0.0870. The van der Waals surface area contributed by atoms with Gasteiger partial charge in [-0.2, -0.15) is 0 Å². The molecule has 21 heavy (non-hydrogen) atoms. The molecule has 0 spiro atoms. The van der Waals surface area contributed by atoms with Crippen LogP contribution in [0.2, 0.25) is 5.02 Å². The van der Waals surface area contributed by atoms with Crippen molar-refractivity contribution in [2.24, 2.45) is 5.92 Å². The van der Waals surface area contributed by atoms with E-state index in [9.17, 15) is 9.90 Å². The normalized spacial score (nSPS) is 14.9. The summed E-state index contributed by atoms with van der Waals surface area (Å²) in [6, 6.07) is 3.14. The fraction of sp³-hybridized carbons (Fsp3) is 0.533. The largest absolute Gasteiger partial charge is 0.486 e. The molecule has 1 aliphatic heterocycles. The van der Waals surface area contributed by atoms with E-state index in [-0.39, 0.29) is 12.5 Å². The van der Waals surface area contributed by atoms with Crippen molar-refractivity contribution in [1.29, 1.82) is 0 Å². The highest BCUT2D eigenvalue weighted by molar-refractivity contribution is 6.32. The molecule has 1 unspecified atom stereocenters. The van der Waals surface area contributed by atoms with Gasteiger partial charge >= 0.3 is 0 Å². The number of hydrogen-bond donors (Lipinski definition) is 2. The number of fused-ring (bicyclic) bond motifs is 1. The Morgan fingerprint density at radius 1 is 1.38 bits per heavy atom. The third-order valence-corrected chi connectivity index (χ3v) is 3.38. The van der Waals surface area contributed by atoms with Crippen LogP contribution in [0.3, 0.4) is 0 Å². The minimum Gasteiger partial charge on any atom is -0.486 e. The maximum absolute atomic E-state index is 12.1. The average molecular weight is 314 g/mol. The Bertz CT molecular complexity index is 519. The lowest BCUT2D eigenvalue weighted by Gasteiger charge is -2.20. The summed E-state index contributed by atoms with van der Waals surface area (Å²) in [6.45, 7) is 5.13. The first-order valence-corrected chi connectivity index (χ1v) is 7.40. The number of carbonyl (C=O) groups excluding carboxylic acids is 1. The van der Waals surface area contributed by atoms with Crippen molar-refractivity contribution in [3.63, 3.8) is 0 Å². The molecule has 116 valence electrons. The van der Waals surface area contributed by atoms with Crippen LogP contribution in [-0.2, 0) is 0 Å². The molecular formula is C15H20ClNO4. The van der Waals surface area contributed by atoms with Crippen molar-refractivity contribution in [3.05, 3.63) is 22.7 Å². The number of halogens is 1. The van der Waals surface area contributed by atoms with Crippen LogP contribution < -0.4 is 14.8 Å². The van der Waals surface area contributed by atoms with E-state index in [0.717, 1.165) is 0 Å². The zero-order valence-corrected chi connectivity index (χ0v) is 12.9. The van der Waals surface area contributed by atoms with E-state index in [1.54, 1.807) is 12.1 Å². The summed E-state index contributed by atoms with van der Waals surface area (Å²) in [5.74, 6) is 1.03. The number of ether oxygens (including phenoxy) is 2. The number of nitrogens with one attached hydrogen (secondary N) is 1. The van der Waals surface area contributed by atoms with Crippen molar-refractivity contribution < 1.29 is 19.4 Å². The summed E-state index contributed by atoms with van der Waals surface area (Å²) in [7, 11) is 0. The molecule has 5 nitrogen and oxygen atoms in total. The Morgan fingerprint density at radius 3 is 2.81 bits per heavy atom. The van der Waals surface area contributed by atoms with E-state index in [0.29, 0.717) is 47.6 Å². The quantitative estimate of drug-likeness (QED) is 0.875. The summed E-state index contributed by atoms with van der Waals surface area (Å²) in [4.78, 5) is 12.1. The smallest absolute Gasteiger partial charge is 0.251 e. The lowest BCUT2D eigenvalue weighted by molar-refractivity contribution is 0.0899. The van der Waals surface area contributed by atoms with Gasteiger partial charge in [0, 0.05) is 12.1 Å². The van der Waals surface area contributed by atoms with Gasteiger partial charge in [0.1, 0.15) is 13.2 Å². The van der Waals surface area contributed by atoms with Crippen LogP contribution in [0.4, 0.5) is 0 Å². The zero-order chi connectivity index (χ0) is 15.4. The molecule has 0 aromatic heterocycles. The highest BCUT2D eigenvalue weighted by atomic mass is 35.5. The maximum Gasteiger partial charge on any atom is 0.251 e. The fourth-order valence-corrected chi connectivity index (χ4v) is 2.45. The topological polar surface area (TPSA) is 67.8 Å². The van der Waals surface area contributed by atoms with E-state index in [1.807, 2.05) is 13.8 Å². The molecule has 0 radical (unpaired) electrons. The van der Waals surface area contributed by atoms with Crippen molar-refractivity contribution in [2.75, 3.05) is 19.8 Å². The lowest BCUT2D eigenvalue weighted by atomic mass is 10.1. The highest BCUT2D eigenvalue weighted by Crippen LogP contribution is 2.38. The Kier molecular flexibility index (Phi) is 5.31. The molecule has 0 fully saturated rings. The Hall–Kier alpha value is -1.46. The Morgan fingerprint density at radius 2 is 2.10 bits per heavy atom. The van der Waals surface area contributed by atoms with Gasteiger partial charge in [0.05, 0.1) is 11.1 Å². The van der Waals surface area contributed by atoms with E-state index in [1.165, 1.54) is 0 Å². The third-order valence-electron chi connectivity index (χ3n) is 3.10. The van der Waals surface area contributed by atoms with Crippen LogP contribution in [-0.4, -0.2) is 36.9 Å². The third kappa shape index (κ3) is 4.25. The maximum atomic E-state index is 12.1. The van der Waals surface area contributed by atoms with Crippen molar-refractivity contribution in [2.45, 2.75) is 26.4 Å². The SMILES string of the molecule is CC(C)CC(O)CNC(=O)c1cc(Cl)c2c(c1)OCCO2. The number of carbonyl (C=O) groups is 1. The standard InChI is InChI=1S/C15H20ClNO4/c1-9(2)5-11(18)8-17-15(19)10-6-12(16)14-13(7-10)20-3-4-21-14/h6-7,9,11,18H,3-5,8H2,1-2H3,(H,17,19). The van der Waals surface area contributed by atoms with Crippen LogP contribution in [0.25, 0.3) is 0 Å². The molecule has 1 aromatic rings. The monoisotopic (exact) mass is 313 g/mol. The van der Waals surface area contributed by atoms with Crippen molar-refractivity contribution in [3.8, 4) is 11.5 Å². The van der Waals surface area contributed by atoms with E-state index in [4.69, 9.17) is 21.1 Å². The number of benzene rings is 1. The second kappa shape index (κ2) is 7.00. The van der Waals surface area contributed by atoms with Crippen LogP contribution in [0, 0.1) is 5.92 Å². The van der Waals surface area contributed by atoms with E-state index >= 15 is 0 Å². The molecule has 0 aliphatic carbocycles. The first kappa shape index (κ1) is 15.9. The summed E-state index contributed by atoms with van der Waals surface area (Å²) < 4.78 is 10.8. The molecule has 1 heterocycles. The second-order valence-electron chi connectivity index (χ2n) is 5.48. The first-order chi connectivity index (χ1) is 9.97. The van der Waals surface area contributed by atoms with Crippen molar-refractivity contribution >= 4 is 17.5 Å². The van der Waals surface area contributed by atoms with Gasteiger partial charge in [-0.05, 0) is 24.5 Å². The Labute approximate surface area is 129 Å². The Balaban J connectivity index is 2.01. The van der Waals surface area contributed by atoms with Gasteiger partial charge in [0.2, 0.25) is 0 Å². The summed E-state index contributed by atoms with van der Waals surface area (Å²) in [5, 5.41) is 12.8. The lowest BCUT2D eigenvalue weighted by Crippen LogP contribution is -2.32. The molecule has 1 aliphatic rings. The average Bonchev–Trinajstić information content (AvgIpc) is 2.44. The van der Waals surface area contributed by atoms with Crippen LogP contribution in [0.1, 0.15) is 30.6 Å². The van der Waals surface area contributed by atoms with Gasteiger partial charge in [-0.3, -0.25) is 4.79 Å². The number of aliphatic hydroxyl groups excluding tert-OH is 1. The van der Waals surface area contributed by atoms with Crippen LogP contribution in [0.15, 0.2) is 12.1 Å². The van der Waals surface area contributed by atoms with Crippen LogP contribution >= 0.6 is 11.6 Å². The van der Waals surface area contributed by atoms with Gasteiger partial charge in [-0.1, -0.05) is 25.4 Å². The minimum absolute atomic E-state index is 0.211. The molecule has 1 amide bonds. The number of aliphatic hydroxyl groups is 1. The molecule has 0 bridgehead atoms. The zero-order valence-electron chi connectivity index (χ0n) is 12.2. The van der Waals surface area contributed by atoms with Gasteiger partial charge < -0.3 is 19.9 Å². The molecule has 0 saturated heterocycles. The first-order valence-electron chi connectivity index (χ1n) is 7.02. The highest BCUT2D eigenvalue weighted by Gasteiger charge is 2.19. The number of amides is 1. The molecule has 0 saturated carbocycles. The molecule has 6 heteroatoms. The van der Waals surface area contributed by atoms with Crippen LogP contribution in [0.5, 0.6) is 11.5 Å². The predicted molar refractivity (Wildman–Crippen MR) is 80.2 cm³/mol. The molecule has 1 atom stereocenters. The van der Waals surface area contributed by atoms with Crippen molar-refractivity contribution in [1.82, 2.24) is 5.32 Å². The molecule has 2 N–H and O–H groups in total. The second-order valence-corrected chi connectivity index (χ2v) is 5.88. The fourth-order valence-electron chi connectivity index (χ4n) is 2.18. The summed E-state index contributed by atoms with van der Waals surface area (Å²) >= 11 is 6.09. The molecule has 2 rings (SSSR count). The molecular weight excluding hydrogens is 294 g/mol. The van der Waals surface area contributed by atoms with Gasteiger partial charge in [-0.15, -0.1) is 0 Å². The molecule has 1 aromatic carbocycles. The predicted octanol–water partition coefficient (Wildman–Crippen LogP) is 2.25.